The van der Waals surface area contributed by atoms with Crippen molar-refractivity contribution in [2.24, 2.45) is 0 Å². The van der Waals surface area contributed by atoms with Crippen LogP contribution in [0.4, 0.5) is 5.82 Å². The minimum Gasteiger partial charge on any atom is -0.486 e. The van der Waals surface area contributed by atoms with Gasteiger partial charge in [-0.05, 0) is 39.7 Å². The highest BCUT2D eigenvalue weighted by Crippen LogP contribution is 2.38. The van der Waals surface area contributed by atoms with Crippen molar-refractivity contribution in [3.8, 4) is 17.2 Å². The minimum atomic E-state index is -0.591. The first kappa shape index (κ1) is 14.4. The van der Waals surface area contributed by atoms with E-state index in [-0.39, 0.29) is 18.2 Å². The van der Waals surface area contributed by atoms with E-state index in [1.165, 1.54) is 12.3 Å². The molecule has 2 heterocycles. The Morgan fingerprint density at radius 3 is 3.00 bits per heavy atom. The SMILES string of the molecule is O=[N+]([O-])c1ncccc1OCc1cc(Cl)c2c(c1)OCCO2. The summed E-state index contributed by atoms with van der Waals surface area (Å²) in [5.74, 6) is 0.812. The molecule has 0 unspecified atom stereocenters. The quantitative estimate of drug-likeness (QED) is 0.635. The summed E-state index contributed by atoms with van der Waals surface area (Å²) in [6.45, 7) is 0.995. The predicted octanol–water partition coefficient (Wildman–Crippen LogP) is 2.99. The molecule has 0 amide bonds. The smallest absolute Gasteiger partial charge is 0.406 e. The highest BCUT2D eigenvalue weighted by atomic mass is 35.5. The van der Waals surface area contributed by atoms with Gasteiger partial charge in [-0.1, -0.05) is 11.6 Å². The predicted molar refractivity (Wildman–Crippen MR) is 77.7 cm³/mol. The number of nitrogens with zero attached hydrogens (tertiary/aromatic N) is 2. The third-order valence-corrected chi connectivity index (χ3v) is 3.26. The average Bonchev–Trinajstić information content (AvgIpc) is 2.53. The molecular formula is C14H11ClN2O5. The number of ether oxygens (including phenoxy) is 3. The van der Waals surface area contributed by atoms with Crippen LogP contribution in [0.1, 0.15) is 5.56 Å². The van der Waals surface area contributed by atoms with E-state index < -0.39 is 4.92 Å². The van der Waals surface area contributed by atoms with Crippen molar-refractivity contribution >= 4 is 17.4 Å². The van der Waals surface area contributed by atoms with Crippen molar-refractivity contribution in [3.63, 3.8) is 0 Å². The van der Waals surface area contributed by atoms with Crippen LogP contribution in [0, 0.1) is 10.1 Å². The molecule has 1 aromatic heterocycles. The second kappa shape index (κ2) is 6.07. The van der Waals surface area contributed by atoms with Crippen molar-refractivity contribution in [2.75, 3.05) is 13.2 Å². The van der Waals surface area contributed by atoms with Gasteiger partial charge in [0.25, 0.3) is 0 Å². The summed E-state index contributed by atoms with van der Waals surface area (Å²) in [6, 6.07) is 6.48. The van der Waals surface area contributed by atoms with Gasteiger partial charge in [0, 0.05) is 0 Å². The van der Waals surface area contributed by atoms with Crippen molar-refractivity contribution < 1.29 is 19.1 Å². The van der Waals surface area contributed by atoms with Gasteiger partial charge in [-0.25, -0.2) is 0 Å². The molecule has 0 N–H and O–H groups in total. The van der Waals surface area contributed by atoms with Crippen LogP contribution in [0.3, 0.4) is 0 Å². The zero-order chi connectivity index (χ0) is 15.5. The summed E-state index contributed by atoms with van der Waals surface area (Å²) in [5, 5.41) is 11.3. The van der Waals surface area contributed by atoms with E-state index in [0.29, 0.717) is 35.3 Å². The molecular weight excluding hydrogens is 312 g/mol. The topological polar surface area (TPSA) is 83.7 Å². The fourth-order valence-corrected chi connectivity index (χ4v) is 2.33. The molecule has 3 rings (SSSR count). The third kappa shape index (κ3) is 2.89. The van der Waals surface area contributed by atoms with Crippen LogP contribution in [-0.2, 0) is 6.61 Å². The lowest BCUT2D eigenvalue weighted by molar-refractivity contribution is -0.390. The third-order valence-electron chi connectivity index (χ3n) is 2.97. The lowest BCUT2D eigenvalue weighted by atomic mass is 10.2. The summed E-state index contributed by atoms with van der Waals surface area (Å²) in [6.07, 6.45) is 1.34. The number of nitro groups is 1. The number of aromatic nitrogens is 1. The summed E-state index contributed by atoms with van der Waals surface area (Å²) in [7, 11) is 0. The number of hydrogen-bond donors (Lipinski definition) is 0. The van der Waals surface area contributed by atoms with Crippen LogP contribution in [0.5, 0.6) is 17.2 Å². The highest BCUT2D eigenvalue weighted by molar-refractivity contribution is 6.32. The highest BCUT2D eigenvalue weighted by Gasteiger charge is 2.19. The number of benzene rings is 1. The summed E-state index contributed by atoms with van der Waals surface area (Å²) in [5.41, 5.74) is 0.715. The number of fused-ring (bicyclic) bond motifs is 1. The molecule has 0 atom stereocenters. The zero-order valence-corrected chi connectivity index (χ0v) is 12.1. The van der Waals surface area contributed by atoms with Crippen molar-refractivity contribution in [3.05, 3.63) is 51.2 Å². The molecule has 0 bridgehead atoms. The van der Waals surface area contributed by atoms with E-state index in [4.69, 9.17) is 25.8 Å². The Morgan fingerprint density at radius 1 is 1.36 bits per heavy atom. The maximum Gasteiger partial charge on any atom is 0.406 e. The van der Waals surface area contributed by atoms with Crippen LogP contribution in [-0.4, -0.2) is 23.1 Å². The van der Waals surface area contributed by atoms with Gasteiger partial charge in [0.05, 0.1) is 5.02 Å². The first-order chi connectivity index (χ1) is 10.6. The molecule has 0 spiro atoms. The second-order valence-electron chi connectivity index (χ2n) is 4.47. The van der Waals surface area contributed by atoms with Crippen molar-refractivity contribution in [2.45, 2.75) is 6.61 Å². The van der Waals surface area contributed by atoms with Gasteiger partial charge in [-0.15, -0.1) is 0 Å². The van der Waals surface area contributed by atoms with Gasteiger partial charge in [0.15, 0.2) is 11.5 Å². The Morgan fingerprint density at radius 2 is 2.18 bits per heavy atom. The van der Waals surface area contributed by atoms with Gasteiger partial charge in [-0.2, -0.15) is 0 Å². The Bertz CT molecular complexity index is 722. The Labute approximate surface area is 130 Å². The fraction of sp³-hybridized carbons (Fsp3) is 0.214. The van der Waals surface area contributed by atoms with E-state index in [0.717, 1.165) is 0 Å². The molecule has 1 aliphatic rings. The van der Waals surface area contributed by atoms with E-state index >= 15 is 0 Å². The molecule has 0 saturated carbocycles. The maximum atomic E-state index is 10.9. The van der Waals surface area contributed by atoms with Crippen molar-refractivity contribution in [1.82, 2.24) is 4.98 Å². The van der Waals surface area contributed by atoms with Gasteiger partial charge in [0.1, 0.15) is 26.0 Å². The van der Waals surface area contributed by atoms with Gasteiger partial charge < -0.3 is 24.3 Å². The molecule has 0 fully saturated rings. The molecule has 114 valence electrons. The lowest BCUT2D eigenvalue weighted by Gasteiger charge is -2.20. The van der Waals surface area contributed by atoms with E-state index in [1.54, 1.807) is 18.2 Å². The molecule has 22 heavy (non-hydrogen) atoms. The Kier molecular flexibility index (Phi) is 3.97. The molecule has 1 aliphatic heterocycles. The largest absolute Gasteiger partial charge is 0.486 e. The first-order valence-corrected chi connectivity index (χ1v) is 6.83. The monoisotopic (exact) mass is 322 g/mol. The van der Waals surface area contributed by atoms with Crippen LogP contribution < -0.4 is 14.2 Å². The normalized spacial score (nSPS) is 12.8. The first-order valence-electron chi connectivity index (χ1n) is 6.45. The Balaban J connectivity index is 1.80. The molecule has 0 radical (unpaired) electrons. The zero-order valence-electron chi connectivity index (χ0n) is 11.3. The van der Waals surface area contributed by atoms with Crippen LogP contribution in [0.2, 0.25) is 5.02 Å². The molecule has 0 saturated heterocycles. The molecule has 8 heteroatoms. The van der Waals surface area contributed by atoms with Crippen molar-refractivity contribution in [1.29, 1.82) is 0 Å². The second-order valence-corrected chi connectivity index (χ2v) is 4.88. The molecule has 7 nitrogen and oxygen atoms in total. The maximum absolute atomic E-state index is 10.9. The summed E-state index contributed by atoms with van der Waals surface area (Å²) in [4.78, 5) is 14.0. The van der Waals surface area contributed by atoms with E-state index in [1.807, 2.05) is 0 Å². The van der Waals surface area contributed by atoms with Gasteiger partial charge in [0.2, 0.25) is 5.75 Å². The lowest BCUT2D eigenvalue weighted by Crippen LogP contribution is -2.16. The van der Waals surface area contributed by atoms with Gasteiger partial charge in [-0.3, -0.25) is 0 Å². The van der Waals surface area contributed by atoms with E-state index in [9.17, 15) is 10.1 Å². The Hall–Kier alpha value is -2.54. The molecule has 2 aromatic rings. The fourth-order valence-electron chi connectivity index (χ4n) is 2.04. The number of halogens is 1. The summed E-state index contributed by atoms with van der Waals surface area (Å²) >= 11 is 6.13. The van der Waals surface area contributed by atoms with E-state index in [2.05, 4.69) is 4.98 Å². The number of rotatable bonds is 4. The minimum absolute atomic E-state index is 0.0958. The average molecular weight is 323 g/mol. The number of pyridine rings is 1. The van der Waals surface area contributed by atoms with Gasteiger partial charge >= 0.3 is 5.82 Å². The van der Waals surface area contributed by atoms with Crippen LogP contribution in [0.15, 0.2) is 30.5 Å². The standard InChI is InChI=1S/C14H11ClN2O5/c15-10-6-9(7-12-13(10)21-5-4-20-12)8-22-11-2-1-3-16-14(11)17(18)19/h1-3,6-7H,4-5,8H2. The van der Waals surface area contributed by atoms with Crippen LogP contribution in [0.25, 0.3) is 0 Å². The summed E-state index contributed by atoms with van der Waals surface area (Å²) < 4.78 is 16.4. The van der Waals surface area contributed by atoms with Crippen LogP contribution >= 0.6 is 11.6 Å². The number of hydrogen-bond acceptors (Lipinski definition) is 6. The molecule has 0 aliphatic carbocycles. The molecule has 1 aromatic carbocycles.